The van der Waals surface area contributed by atoms with Crippen molar-refractivity contribution in [2.24, 2.45) is 0 Å². The molecular formula is C14H8FN2O3-. The van der Waals surface area contributed by atoms with Gasteiger partial charge >= 0.3 is 0 Å². The highest BCUT2D eigenvalue weighted by molar-refractivity contribution is 5.86. The Morgan fingerprint density at radius 3 is 2.60 bits per heavy atom. The van der Waals surface area contributed by atoms with Crippen LogP contribution >= 0.6 is 0 Å². The highest BCUT2D eigenvalue weighted by Gasteiger charge is 2.13. The molecule has 1 aromatic carbocycles. The number of halogens is 1. The first-order chi connectivity index (χ1) is 9.65. The summed E-state index contributed by atoms with van der Waals surface area (Å²) in [5, 5.41) is 15.3. The molecule has 0 N–H and O–H groups in total. The normalized spacial score (nSPS) is 10.7. The number of furan rings is 1. The Hall–Kier alpha value is -2.89. The number of benzene rings is 1. The van der Waals surface area contributed by atoms with Gasteiger partial charge in [0, 0.05) is 0 Å². The highest BCUT2D eigenvalue weighted by atomic mass is 19.1. The van der Waals surface area contributed by atoms with Crippen LogP contribution in [0.15, 0.2) is 53.1 Å². The van der Waals surface area contributed by atoms with Gasteiger partial charge in [0.2, 0.25) is 0 Å². The van der Waals surface area contributed by atoms with Crippen LogP contribution in [0.4, 0.5) is 4.39 Å². The van der Waals surface area contributed by atoms with Gasteiger partial charge in [-0.3, -0.25) is 0 Å². The van der Waals surface area contributed by atoms with E-state index in [1.807, 2.05) is 0 Å². The van der Waals surface area contributed by atoms with Crippen molar-refractivity contribution in [2.75, 3.05) is 0 Å². The van der Waals surface area contributed by atoms with Crippen molar-refractivity contribution < 1.29 is 18.7 Å². The summed E-state index contributed by atoms with van der Waals surface area (Å²) in [5.41, 5.74) is 0.643. The fourth-order valence-electron chi connectivity index (χ4n) is 1.85. The molecule has 0 saturated heterocycles. The predicted molar refractivity (Wildman–Crippen MR) is 65.6 cm³/mol. The maximum atomic E-state index is 12.9. The van der Waals surface area contributed by atoms with Crippen molar-refractivity contribution in [2.45, 2.75) is 0 Å². The molecule has 0 fully saturated rings. The molecule has 6 heteroatoms. The van der Waals surface area contributed by atoms with Gasteiger partial charge in [-0.25, -0.2) is 9.07 Å². The van der Waals surface area contributed by atoms with E-state index in [0.717, 1.165) is 0 Å². The summed E-state index contributed by atoms with van der Waals surface area (Å²) in [7, 11) is 0. The lowest BCUT2D eigenvalue weighted by Crippen LogP contribution is -2.25. The second kappa shape index (κ2) is 4.65. The molecule has 2 aromatic heterocycles. The summed E-state index contributed by atoms with van der Waals surface area (Å²) in [6.07, 6.45) is 1.46. The molecule has 0 spiro atoms. The molecule has 0 aliphatic heterocycles. The molecule has 0 aliphatic carbocycles. The van der Waals surface area contributed by atoms with E-state index in [9.17, 15) is 14.3 Å². The number of rotatable bonds is 3. The monoisotopic (exact) mass is 271 g/mol. The number of aromatic nitrogens is 2. The van der Waals surface area contributed by atoms with Crippen molar-refractivity contribution >= 4 is 5.97 Å². The summed E-state index contributed by atoms with van der Waals surface area (Å²) in [6.45, 7) is 0. The molecule has 0 atom stereocenters. The number of aromatic carboxylic acids is 1. The maximum Gasteiger partial charge on any atom is 0.154 e. The molecular weight excluding hydrogens is 263 g/mol. The summed E-state index contributed by atoms with van der Waals surface area (Å²) < 4.78 is 19.3. The van der Waals surface area contributed by atoms with Gasteiger partial charge in [-0.15, -0.1) is 0 Å². The maximum absolute atomic E-state index is 12.9. The Balaban J connectivity index is 2.14. The van der Waals surface area contributed by atoms with Crippen LogP contribution in [0.3, 0.4) is 0 Å². The Kier molecular flexibility index (Phi) is 2.83. The van der Waals surface area contributed by atoms with Gasteiger partial charge in [0.25, 0.3) is 0 Å². The van der Waals surface area contributed by atoms with Gasteiger partial charge < -0.3 is 14.3 Å². The molecule has 0 amide bonds. The summed E-state index contributed by atoms with van der Waals surface area (Å²) in [5.74, 6) is -1.35. The molecule has 5 nitrogen and oxygen atoms in total. The molecule has 0 radical (unpaired) electrons. The smallest absolute Gasteiger partial charge is 0.154 e. The topological polar surface area (TPSA) is 71.1 Å². The third kappa shape index (κ3) is 2.07. The van der Waals surface area contributed by atoms with Gasteiger partial charge in [-0.1, -0.05) is 0 Å². The SMILES string of the molecule is O=C([O-])c1cc(-c2ccco2)nn1-c1ccc(F)cc1. The molecule has 3 rings (SSSR count). The number of carbonyl (C=O) groups is 1. The number of nitrogens with zero attached hydrogens (tertiary/aromatic N) is 2. The Morgan fingerprint density at radius 1 is 1.25 bits per heavy atom. The molecule has 0 saturated carbocycles. The van der Waals surface area contributed by atoms with E-state index in [1.165, 1.54) is 41.3 Å². The van der Waals surface area contributed by atoms with Crippen molar-refractivity contribution in [1.29, 1.82) is 0 Å². The molecule has 0 bridgehead atoms. The quantitative estimate of drug-likeness (QED) is 0.726. The first-order valence-electron chi connectivity index (χ1n) is 5.76. The zero-order chi connectivity index (χ0) is 14.1. The molecule has 20 heavy (non-hydrogen) atoms. The molecule has 0 unspecified atom stereocenters. The average Bonchev–Trinajstić information content (AvgIpc) is 3.08. The standard InChI is InChI=1S/C14H9FN2O3/c15-9-3-5-10(6-4-9)17-12(14(18)19)8-11(16-17)13-2-1-7-20-13/h1-8H,(H,18,19)/p-1. The van der Waals surface area contributed by atoms with E-state index < -0.39 is 11.8 Å². The minimum Gasteiger partial charge on any atom is -0.543 e. The second-order valence-corrected chi connectivity index (χ2v) is 4.07. The van der Waals surface area contributed by atoms with E-state index in [4.69, 9.17) is 4.42 Å². The fraction of sp³-hybridized carbons (Fsp3) is 0. The lowest BCUT2D eigenvalue weighted by Gasteiger charge is -2.07. The van der Waals surface area contributed by atoms with Crippen molar-refractivity contribution in [3.63, 3.8) is 0 Å². The highest BCUT2D eigenvalue weighted by Crippen LogP contribution is 2.22. The van der Waals surface area contributed by atoms with Crippen LogP contribution in [-0.2, 0) is 0 Å². The Morgan fingerprint density at radius 2 is 2.00 bits per heavy atom. The van der Waals surface area contributed by atoms with Crippen LogP contribution in [-0.4, -0.2) is 15.7 Å². The molecule has 2 heterocycles. The van der Waals surface area contributed by atoms with Crippen molar-refractivity contribution in [1.82, 2.24) is 9.78 Å². The first kappa shape index (κ1) is 12.2. The van der Waals surface area contributed by atoms with Crippen LogP contribution in [0, 0.1) is 5.82 Å². The molecule has 0 aliphatic rings. The number of carboxylic acid groups (broad SMARTS) is 1. The average molecular weight is 271 g/mol. The Bertz CT molecular complexity index is 745. The third-order valence-electron chi connectivity index (χ3n) is 2.76. The second-order valence-electron chi connectivity index (χ2n) is 4.07. The fourth-order valence-corrected chi connectivity index (χ4v) is 1.85. The minimum absolute atomic E-state index is 0.136. The van der Waals surface area contributed by atoms with Gasteiger partial charge in [0.05, 0.1) is 23.6 Å². The largest absolute Gasteiger partial charge is 0.543 e. The number of hydrogen-bond donors (Lipinski definition) is 0. The number of hydrogen-bond acceptors (Lipinski definition) is 4. The van der Waals surface area contributed by atoms with E-state index in [2.05, 4.69) is 5.10 Å². The van der Waals surface area contributed by atoms with E-state index in [0.29, 0.717) is 17.1 Å². The van der Waals surface area contributed by atoms with Crippen LogP contribution in [0.25, 0.3) is 17.1 Å². The lowest BCUT2D eigenvalue weighted by atomic mass is 10.3. The summed E-state index contributed by atoms with van der Waals surface area (Å²) in [4.78, 5) is 11.2. The lowest BCUT2D eigenvalue weighted by molar-refractivity contribution is -0.255. The zero-order valence-electron chi connectivity index (χ0n) is 10.1. The van der Waals surface area contributed by atoms with E-state index >= 15 is 0 Å². The van der Waals surface area contributed by atoms with E-state index in [-0.39, 0.29) is 5.69 Å². The van der Waals surface area contributed by atoms with Crippen molar-refractivity contribution in [3.05, 3.63) is 60.2 Å². The van der Waals surface area contributed by atoms with Gasteiger partial charge in [0.15, 0.2) is 5.76 Å². The summed E-state index contributed by atoms with van der Waals surface area (Å²) >= 11 is 0. The van der Waals surface area contributed by atoms with Gasteiger partial charge in [-0.2, -0.15) is 5.10 Å². The van der Waals surface area contributed by atoms with Gasteiger partial charge in [0.1, 0.15) is 11.5 Å². The zero-order valence-corrected chi connectivity index (χ0v) is 10.1. The number of carboxylic acids is 1. The van der Waals surface area contributed by atoms with Crippen LogP contribution in [0.1, 0.15) is 10.5 Å². The first-order valence-corrected chi connectivity index (χ1v) is 5.76. The van der Waals surface area contributed by atoms with Crippen molar-refractivity contribution in [3.8, 4) is 17.1 Å². The predicted octanol–water partition coefficient (Wildman–Crippen LogP) is 1.63. The summed E-state index contributed by atoms with van der Waals surface area (Å²) in [6, 6.07) is 9.99. The Labute approximate surface area is 112 Å². The van der Waals surface area contributed by atoms with Crippen LogP contribution < -0.4 is 5.11 Å². The van der Waals surface area contributed by atoms with Gasteiger partial charge in [-0.05, 0) is 42.5 Å². The molecule has 100 valence electrons. The van der Waals surface area contributed by atoms with Crippen LogP contribution in [0.2, 0.25) is 0 Å². The van der Waals surface area contributed by atoms with Crippen LogP contribution in [0.5, 0.6) is 0 Å². The minimum atomic E-state index is -1.38. The van der Waals surface area contributed by atoms with E-state index in [1.54, 1.807) is 12.1 Å². The third-order valence-corrected chi connectivity index (χ3v) is 2.76. The number of carbonyl (C=O) groups excluding carboxylic acids is 1. The molecule has 3 aromatic rings.